The van der Waals surface area contributed by atoms with Gasteiger partial charge in [-0.05, 0) is 11.6 Å². The van der Waals surface area contributed by atoms with E-state index in [9.17, 15) is 4.79 Å². The molecule has 1 aliphatic heterocycles. The Morgan fingerprint density at radius 1 is 1.24 bits per heavy atom. The fourth-order valence-electron chi connectivity index (χ4n) is 2.39. The first kappa shape index (κ1) is 10.0. The van der Waals surface area contributed by atoms with E-state index in [2.05, 4.69) is 17.1 Å². The number of hydrogen-bond donors (Lipinski definition) is 1. The van der Waals surface area contributed by atoms with E-state index in [1.165, 1.54) is 0 Å². The van der Waals surface area contributed by atoms with Gasteiger partial charge in [-0.15, -0.1) is 0 Å². The molecule has 1 aromatic rings. The second-order valence-corrected chi connectivity index (χ2v) is 4.20. The maximum Gasteiger partial charge on any atom is 0.337 e. The number of nitrogens with zero attached hydrogens (tertiary/aromatic N) is 1. The molecular weight excluding hydrogens is 214 g/mol. The molecule has 0 aromatic heterocycles. The van der Waals surface area contributed by atoms with Crippen molar-refractivity contribution in [2.75, 3.05) is 0 Å². The van der Waals surface area contributed by atoms with Crippen LogP contribution in [0.25, 0.3) is 0 Å². The minimum absolute atomic E-state index is 0.215. The van der Waals surface area contributed by atoms with Crippen LogP contribution >= 0.6 is 0 Å². The summed E-state index contributed by atoms with van der Waals surface area (Å²) >= 11 is 0. The first-order valence-electron chi connectivity index (χ1n) is 5.53. The van der Waals surface area contributed by atoms with Crippen LogP contribution in [0.15, 0.2) is 47.5 Å². The number of aliphatic imine (C=N–C) groups is 1. The lowest BCUT2D eigenvalue weighted by atomic mass is 9.80. The molecule has 0 saturated heterocycles. The van der Waals surface area contributed by atoms with Crippen molar-refractivity contribution in [3.05, 3.63) is 53.6 Å². The van der Waals surface area contributed by atoms with Crippen molar-refractivity contribution >= 4 is 17.9 Å². The zero-order valence-electron chi connectivity index (χ0n) is 9.08. The van der Waals surface area contributed by atoms with Gasteiger partial charge < -0.3 is 5.11 Å². The standard InChI is InChI=1S/C14H11NO2/c16-14(17)12-7-3-6-11-10-5-2-1-4-9(10)8-15-13(11)12/h1-10H,(H,16,17). The van der Waals surface area contributed by atoms with Crippen LogP contribution in [0.2, 0.25) is 0 Å². The lowest BCUT2D eigenvalue weighted by Crippen LogP contribution is -2.17. The molecule has 1 aliphatic carbocycles. The van der Waals surface area contributed by atoms with Gasteiger partial charge in [-0.1, -0.05) is 36.4 Å². The van der Waals surface area contributed by atoms with Gasteiger partial charge in [-0.3, -0.25) is 4.99 Å². The van der Waals surface area contributed by atoms with Gasteiger partial charge >= 0.3 is 5.97 Å². The molecule has 2 atom stereocenters. The van der Waals surface area contributed by atoms with Crippen molar-refractivity contribution in [3.8, 4) is 0 Å². The first-order valence-corrected chi connectivity index (χ1v) is 5.53. The Balaban J connectivity index is 2.18. The van der Waals surface area contributed by atoms with Gasteiger partial charge in [0.05, 0.1) is 11.3 Å². The minimum atomic E-state index is -0.923. The second kappa shape index (κ2) is 3.70. The van der Waals surface area contributed by atoms with Crippen LogP contribution in [-0.2, 0) is 0 Å². The van der Waals surface area contributed by atoms with E-state index in [1.54, 1.807) is 12.1 Å². The molecule has 17 heavy (non-hydrogen) atoms. The number of fused-ring (bicyclic) bond motifs is 3. The summed E-state index contributed by atoms with van der Waals surface area (Å²) in [5.41, 5.74) is 1.87. The van der Waals surface area contributed by atoms with Crippen LogP contribution in [0.4, 0.5) is 5.69 Å². The molecule has 0 saturated carbocycles. The van der Waals surface area contributed by atoms with Gasteiger partial charge in [0.15, 0.2) is 0 Å². The summed E-state index contributed by atoms with van der Waals surface area (Å²) in [5.74, 6) is -0.462. The van der Waals surface area contributed by atoms with E-state index in [4.69, 9.17) is 5.11 Å². The third-order valence-electron chi connectivity index (χ3n) is 3.21. The summed E-state index contributed by atoms with van der Waals surface area (Å²) < 4.78 is 0. The van der Waals surface area contributed by atoms with E-state index in [0.29, 0.717) is 5.69 Å². The number of carbonyl (C=O) groups is 1. The number of para-hydroxylation sites is 1. The van der Waals surface area contributed by atoms with Crippen LogP contribution in [0, 0.1) is 5.92 Å². The molecule has 0 bridgehead atoms. The molecule has 2 unspecified atom stereocenters. The summed E-state index contributed by atoms with van der Waals surface area (Å²) in [6.07, 6.45) is 10.0. The van der Waals surface area contributed by atoms with Gasteiger partial charge in [0.2, 0.25) is 0 Å². The number of aromatic carboxylic acids is 1. The highest BCUT2D eigenvalue weighted by Gasteiger charge is 2.27. The molecule has 0 spiro atoms. The maximum atomic E-state index is 11.1. The zero-order chi connectivity index (χ0) is 11.8. The van der Waals surface area contributed by atoms with E-state index in [-0.39, 0.29) is 17.4 Å². The largest absolute Gasteiger partial charge is 0.478 e. The topological polar surface area (TPSA) is 49.7 Å². The van der Waals surface area contributed by atoms with Crippen molar-refractivity contribution in [3.63, 3.8) is 0 Å². The third-order valence-corrected chi connectivity index (χ3v) is 3.21. The number of carboxylic acid groups (broad SMARTS) is 1. The molecule has 0 amide bonds. The van der Waals surface area contributed by atoms with E-state index in [1.807, 2.05) is 24.4 Å². The molecule has 2 aliphatic rings. The van der Waals surface area contributed by atoms with Gasteiger partial charge in [0, 0.05) is 18.1 Å². The number of hydrogen-bond acceptors (Lipinski definition) is 2. The predicted octanol–water partition coefficient (Wildman–Crippen LogP) is 2.93. The maximum absolute atomic E-state index is 11.1. The molecular formula is C14H11NO2. The number of carboxylic acids is 1. The molecule has 3 rings (SSSR count). The highest BCUT2D eigenvalue weighted by Crippen LogP contribution is 2.40. The van der Waals surface area contributed by atoms with E-state index >= 15 is 0 Å². The average Bonchev–Trinajstić information content (AvgIpc) is 2.37. The van der Waals surface area contributed by atoms with Crippen molar-refractivity contribution < 1.29 is 9.90 Å². The minimum Gasteiger partial charge on any atom is -0.478 e. The van der Waals surface area contributed by atoms with Gasteiger partial charge in [-0.2, -0.15) is 0 Å². The second-order valence-electron chi connectivity index (χ2n) is 4.20. The number of rotatable bonds is 1. The Hall–Kier alpha value is -2.16. The Kier molecular flexibility index (Phi) is 2.18. The summed E-state index contributed by atoms with van der Waals surface area (Å²) in [6.45, 7) is 0. The smallest absolute Gasteiger partial charge is 0.337 e. The normalized spacial score (nSPS) is 24.2. The SMILES string of the molecule is O=C(O)c1cccc2c1N=CC1C=CC=CC21. The lowest BCUT2D eigenvalue weighted by molar-refractivity contribution is 0.0697. The van der Waals surface area contributed by atoms with Crippen LogP contribution in [0.5, 0.6) is 0 Å². The Morgan fingerprint density at radius 2 is 2.06 bits per heavy atom. The summed E-state index contributed by atoms with van der Waals surface area (Å²) in [4.78, 5) is 15.4. The third kappa shape index (κ3) is 1.51. The molecule has 3 nitrogen and oxygen atoms in total. The van der Waals surface area contributed by atoms with Gasteiger partial charge in [0.25, 0.3) is 0 Å². The Morgan fingerprint density at radius 3 is 2.88 bits per heavy atom. The van der Waals surface area contributed by atoms with Crippen LogP contribution in [-0.4, -0.2) is 17.3 Å². The molecule has 3 heteroatoms. The lowest BCUT2D eigenvalue weighted by Gasteiger charge is -2.26. The van der Waals surface area contributed by atoms with Crippen molar-refractivity contribution in [1.82, 2.24) is 0 Å². The zero-order valence-corrected chi connectivity index (χ0v) is 9.08. The molecule has 84 valence electrons. The Labute approximate surface area is 98.8 Å². The van der Waals surface area contributed by atoms with Crippen LogP contribution in [0.1, 0.15) is 21.8 Å². The summed E-state index contributed by atoms with van der Waals surface area (Å²) in [5, 5.41) is 9.13. The fraction of sp³-hybridized carbons (Fsp3) is 0.143. The van der Waals surface area contributed by atoms with Crippen molar-refractivity contribution in [2.45, 2.75) is 5.92 Å². The van der Waals surface area contributed by atoms with Crippen molar-refractivity contribution in [1.29, 1.82) is 0 Å². The van der Waals surface area contributed by atoms with Crippen molar-refractivity contribution in [2.24, 2.45) is 10.9 Å². The molecule has 1 heterocycles. The van der Waals surface area contributed by atoms with Gasteiger partial charge in [-0.25, -0.2) is 4.79 Å². The molecule has 0 radical (unpaired) electrons. The highest BCUT2D eigenvalue weighted by molar-refractivity contribution is 5.96. The first-order chi connectivity index (χ1) is 8.27. The van der Waals surface area contributed by atoms with Gasteiger partial charge in [0.1, 0.15) is 0 Å². The quantitative estimate of drug-likeness (QED) is 0.798. The molecule has 1 aromatic carbocycles. The van der Waals surface area contributed by atoms with Crippen LogP contribution in [0.3, 0.4) is 0 Å². The number of allylic oxidation sites excluding steroid dienone is 4. The molecule has 0 fully saturated rings. The molecule has 1 N–H and O–H groups in total. The summed E-state index contributed by atoms with van der Waals surface area (Å²) in [6, 6.07) is 5.34. The van der Waals surface area contributed by atoms with E-state index < -0.39 is 5.97 Å². The fourth-order valence-corrected chi connectivity index (χ4v) is 2.39. The van der Waals surface area contributed by atoms with Crippen LogP contribution < -0.4 is 0 Å². The monoisotopic (exact) mass is 225 g/mol. The summed E-state index contributed by atoms with van der Waals surface area (Å²) in [7, 11) is 0. The average molecular weight is 225 g/mol. The highest BCUT2D eigenvalue weighted by atomic mass is 16.4. The van der Waals surface area contributed by atoms with E-state index in [0.717, 1.165) is 5.56 Å². The predicted molar refractivity (Wildman–Crippen MR) is 66.1 cm³/mol. The Bertz CT molecular complexity index is 570. The number of benzene rings is 1.